The third-order valence-corrected chi connectivity index (χ3v) is 4.50. The zero-order chi connectivity index (χ0) is 15.1. The maximum atomic E-state index is 10.3. The van der Waals surface area contributed by atoms with E-state index < -0.39 is 5.97 Å². The molecule has 0 aromatic carbocycles. The topological polar surface area (TPSA) is 57.5 Å². The Kier molecular flexibility index (Phi) is 15.0. The van der Waals surface area contributed by atoms with Gasteiger partial charge in [-0.25, -0.2) is 0 Å². The Labute approximate surface area is 128 Å². The van der Waals surface area contributed by atoms with Crippen molar-refractivity contribution in [3.63, 3.8) is 0 Å². The average molecular weight is 304 g/mol. The summed E-state index contributed by atoms with van der Waals surface area (Å²) in [5.41, 5.74) is 0. The predicted octanol–water partition coefficient (Wildman–Crippen LogP) is 4.48. The van der Waals surface area contributed by atoms with Crippen LogP contribution in [-0.4, -0.2) is 33.8 Å². The summed E-state index contributed by atoms with van der Waals surface area (Å²) in [6.07, 6.45) is 13.5. The van der Waals surface area contributed by atoms with Crippen LogP contribution in [0.4, 0.5) is 0 Å². The number of carboxylic acids is 1. The van der Waals surface area contributed by atoms with E-state index in [4.69, 9.17) is 5.11 Å². The number of aliphatic hydroxyl groups excluding tert-OH is 1. The molecule has 0 aliphatic heterocycles. The number of rotatable bonds is 15. The third kappa shape index (κ3) is 15.8. The zero-order valence-electron chi connectivity index (χ0n) is 13.0. The van der Waals surface area contributed by atoms with E-state index in [1.165, 1.54) is 69.5 Å². The van der Waals surface area contributed by atoms with Gasteiger partial charge in [0.25, 0.3) is 0 Å². The van der Waals surface area contributed by atoms with Crippen LogP contribution in [0.3, 0.4) is 0 Å². The summed E-state index contributed by atoms with van der Waals surface area (Å²) >= 11 is 1.30. The Balaban J connectivity index is 3.13. The molecule has 0 saturated carbocycles. The Morgan fingerprint density at radius 3 is 1.95 bits per heavy atom. The fourth-order valence-electron chi connectivity index (χ4n) is 2.23. The first-order valence-electron chi connectivity index (χ1n) is 8.14. The normalized spacial score (nSPS) is 12.5. The van der Waals surface area contributed by atoms with Gasteiger partial charge in [0.15, 0.2) is 0 Å². The summed E-state index contributed by atoms with van der Waals surface area (Å²) in [5, 5.41) is 18.2. The molecule has 0 fully saturated rings. The number of hydrogen-bond acceptors (Lipinski definition) is 3. The number of thioether (sulfide) groups is 1. The fourth-order valence-corrected chi connectivity index (χ4v) is 2.96. The van der Waals surface area contributed by atoms with Crippen molar-refractivity contribution in [2.24, 2.45) is 0 Å². The van der Waals surface area contributed by atoms with Crippen LogP contribution in [0.1, 0.15) is 77.6 Å². The van der Waals surface area contributed by atoms with Gasteiger partial charge in [0, 0.05) is 5.75 Å². The first-order chi connectivity index (χ1) is 9.66. The van der Waals surface area contributed by atoms with Gasteiger partial charge in [0.2, 0.25) is 0 Å². The minimum absolute atomic E-state index is 0.0924. The van der Waals surface area contributed by atoms with Crippen molar-refractivity contribution < 1.29 is 15.0 Å². The maximum absolute atomic E-state index is 10.3. The second-order valence-corrected chi connectivity index (χ2v) is 6.56. The molecule has 0 aromatic heterocycles. The molecule has 0 amide bonds. The van der Waals surface area contributed by atoms with Crippen molar-refractivity contribution >= 4 is 17.7 Å². The van der Waals surface area contributed by atoms with Gasteiger partial charge in [-0.2, -0.15) is 0 Å². The highest BCUT2D eigenvalue weighted by molar-refractivity contribution is 7.99. The van der Waals surface area contributed by atoms with Crippen LogP contribution >= 0.6 is 11.8 Å². The van der Waals surface area contributed by atoms with E-state index in [0.29, 0.717) is 5.75 Å². The molecule has 0 aliphatic rings. The molecule has 1 unspecified atom stereocenters. The van der Waals surface area contributed by atoms with Gasteiger partial charge >= 0.3 is 5.97 Å². The van der Waals surface area contributed by atoms with Crippen molar-refractivity contribution in [2.75, 3.05) is 11.5 Å². The van der Waals surface area contributed by atoms with Crippen LogP contribution in [0.15, 0.2) is 0 Å². The SMILES string of the molecule is CCCCCCCCCCCCC(O)CSCC(=O)O. The van der Waals surface area contributed by atoms with Crippen molar-refractivity contribution in [1.82, 2.24) is 0 Å². The summed E-state index contributed by atoms with van der Waals surface area (Å²) in [4.78, 5) is 10.3. The van der Waals surface area contributed by atoms with Gasteiger partial charge < -0.3 is 10.2 Å². The summed E-state index contributed by atoms with van der Waals surface area (Å²) < 4.78 is 0. The van der Waals surface area contributed by atoms with Crippen molar-refractivity contribution in [3.8, 4) is 0 Å². The van der Waals surface area contributed by atoms with Crippen LogP contribution in [0.5, 0.6) is 0 Å². The number of carboxylic acid groups (broad SMARTS) is 1. The molecular formula is C16H32O3S. The summed E-state index contributed by atoms with van der Waals surface area (Å²) in [5.74, 6) is -0.167. The van der Waals surface area contributed by atoms with E-state index >= 15 is 0 Å². The summed E-state index contributed by atoms with van der Waals surface area (Å²) in [6.45, 7) is 2.24. The Morgan fingerprint density at radius 1 is 0.950 bits per heavy atom. The molecule has 0 rings (SSSR count). The number of aliphatic carboxylic acids is 1. The lowest BCUT2D eigenvalue weighted by molar-refractivity contribution is -0.133. The lowest BCUT2D eigenvalue weighted by Gasteiger charge is -2.09. The Hall–Kier alpha value is -0.220. The molecule has 0 heterocycles. The molecule has 1 atom stereocenters. The minimum atomic E-state index is -0.805. The molecule has 0 aromatic rings. The van der Waals surface area contributed by atoms with Crippen LogP contribution < -0.4 is 0 Å². The van der Waals surface area contributed by atoms with Crippen molar-refractivity contribution in [1.29, 1.82) is 0 Å². The number of aliphatic hydroxyl groups is 1. The molecule has 0 spiro atoms. The van der Waals surface area contributed by atoms with E-state index in [1.807, 2.05) is 0 Å². The molecule has 3 nitrogen and oxygen atoms in total. The summed E-state index contributed by atoms with van der Waals surface area (Å²) in [6, 6.07) is 0. The Bertz CT molecular complexity index is 222. The third-order valence-electron chi connectivity index (χ3n) is 3.43. The van der Waals surface area contributed by atoms with Crippen molar-refractivity contribution in [2.45, 2.75) is 83.7 Å². The number of unbranched alkanes of at least 4 members (excludes halogenated alkanes) is 9. The van der Waals surface area contributed by atoms with Gasteiger partial charge in [-0.3, -0.25) is 4.79 Å². The smallest absolute Gasteiger partial charge is 0.313 e. The zero-order valence-corrected chi connectivity index (χ0v) is 13.8. The second-order valence-electron chi connectivity index (χ2n) is 5.53. The molecular weight excluding hydrogens is 272 g/mol. The number of hydrogen-bond donors (Lipinski definition) is 2. The summed E-state index contributed by atoms with van der Waals surface area (Å²) in [7, 11) is 0. The van der Waals surface area contributed by atoms with E-state index in [9.17, 15) is 9.90 Å². The quantitative estimate of drug-likeness (QED) is 0.438. The van der Waals surface area contributed by atoms with Crippen molar-refractivity contribution in [3.05, 3.63) is 0 Å². The average Bonchev–Trinajstić information content (AvgIpc) is 2.40. The molecule has 0 aliphatic carbocycles. The second kappa shape index (κ2) is 15.2. The largest absolute Gasteiger partial charge is 0.481 e. The highest BCUT2D eigenvalue weighted by Crippen LogP contribution is 2.13. The lowest BCUT2D eigenvalue weighted by Crippen LogP contribution is -2.11. The monoisotopic (exact) mass is 304 g/mol. The van der Waals surface area contributed by atoms with E-state index in [0.717, 1.165) is 12.8 Å². The standard InChI is InChI=1S/C16H32O3S/c1-2-3-4-5-6-7-8-9-10-11-12-15(17)13-20-14-16(18)19/h15,17H,2-14H2,1H3,(H,18,19). The highest BCUT2D eigenvalue weighted by Gasteiger charge is 2.05. The van der Waals surface area contributed by atoms with Gasteiger partial charge in [-0.15, -0.1) is 11.8 Å². The van der Waals surface area contributed by atoms with Crippen LogP contribution in [0.2, 0.25) is 0 Å². The predicted molar refractivity (Wildman–Crippen MR) is 87.4 cm³/mol. The fraction of sp³-hybridized carbons (Fsp3) is 0.938. The van der Waals surface area contributed by atoms with E-state index in [1.54, 1.807) is 0 Å². The molecule has 0 saturated heterocycles. The van der Waals surface area contributed by atoms with Gasteiger partial charge in [0.05, 0.1) is 11.9 Å². The Morgan fingerprint density at radius 2 is 1.45 bits per heavy atom. The van der Waals surface area contributed by atoms with E-state index in [-0.39, 0.29) is 11.9 Å². The van der Waals surface area contributed by atoms with Gasteiger partial charge in [-0.1, -0.05) is 71.1 Å². The first kappa shape index (κ1) is 19.8. The molecule has 120 valence electrons. The van der Waals surface area contributed by atoms with Crippen LogP contribution in [-0.2, 0) is 4.79 Å². The molecule has 0 radical (unpaired) electrons. The van der Waals surface area contributed by atoms with Gasteiger partial charge in [-0.05, 0) is 6.42 Å². The molecule has 20 heavy (non-hydrogen) atoms. The lowest BCUT2D eigenvalue weighted by atomic mass is 10.1. The highest BCUT2D eigenvalue weighted by atomic mass is 32.2. The van der Waals surface area contributed by atoms with Gasteiger partial charge in [0.1, 0.15) is 0 Å². The first-order valence-corrected chi connectivity index (χ1v) is 9.30. The van der Waals surface area contributed by atoms with E-state index in [2.05, 4.69) is 6.92 Å². The van der Waals surface area contributed by atoms with Crippen LogP contribution in [0.25, 0.3) is 0 Å². The molecule has 2 N–H and O–H groups in total. The molecule has 4 heteroatoms. The van der Waals surface area contributed by atoms with Crippen LogP contribution in [0, 0.1) is 0 Å². The number of carbonyl (C=O) groups is 1. The maximum Gasteiger partial charge on any atom is 0.313 e. The molecule has 0 bridgehead atoms. The minimum Gasteiger partial charge on any atom is -0.481 e.